The van der Waals surface area contributed by atoms with Gasteiger partial charge >= 0.3 is 6.09 Å². The van der Waals surface area contributed by atoms with Gasteiger partial charge in [-0.05, 0) is 38.5 Å². The molecule has 1 saturated carbocycles. The summed E-state index contributed by atoms with van der Waals surface area (Å²) in [5.74, 6) is 1.80. The number of likely N-dealkylation sites (tertiary alicyclic amines) is 1. The van der Waals surface area contributed by atoms with E-state index in [9.17, 15) is 9.59 Å². The molecule has 3 aliphatic rings. The molecule has 1 unspecified atom stereocenters. The number of aldehydes is 1. The van der Waals surface area contributed by atoms with Crippen molar-refractivity contribution in [1.29, 1.82) is 0 Å². The van der Waals surface area contributed by atoms with Crippen molar-refractivity contribution in [2.75, 3.05) is 57.1 Å². The smallest absolute Gasteiger partial charge is 0.410 e. The van der Waals surface area contributed by atoms with Crippen LogP contribution in [0.25, 0.3) is 0 Å². The standard InChI is InChI=1S/C21H31N5O6S/c1-21(5-6-21)31-20(28)26-8-3-16(4-9-26)15-30-18-13-22-19(17(14-27)24-18)25-10-7-23-33(12-11-25)32-29-2/h13-14,16H,3-12,15H2,1-2H3. The van der Waals surface area contributed by atoms with Gasteiger partial charge in [-0.15, -0.1) is 0 Å². The maximum atomic E-state index is 12.2. The van der Waals surface area contributed by atoms with Crippen LogP contribution in [0.3, 0.4) is 0 Å². The fraction of sp³-hybridized carbons (Fsp3) is 0.714. The maximum absolute atomic E-state index is 12.2. The topological polar surface area (TPSA) is 116 Å². The van der Waals surface area contributed by atoms with Gasteiger partial charge < -0.3 is 19.3 Å². The van der Waals surface area contributed by atoms with E-state index < -0.39 is 11.0 Å². The predicted molar refractivity (Wildman–Crippen MR) is 121 cm³/mol. The van der Waals surface area contributed by atoms with Crippen LogP contribution in [-0.4, -0.2) is 85.0 Å². The summed E-state index contributed by atoms with van der Waals surface area (Å²) in [6.07, 6.45) is 5.60. The zero-order valence-corrected chi connectivity index (χ0v) is 19.9. The first-order chi connectivity index (χ1) is 16.0. The normalized spacial score (nSPS) is 22.8. The molecule has 1 saturated heterocycles. The predicted octanol–water partition coefficient (Wildman–Crippen LogP) is 2.18. The van der Waals surface area contributed by atoms with E-state index in [0.717, 1.165) is 25.7 Å². The molecule has 12 heteroatoms. The fourth-order valence-corrected chi connectivity index (χ4v) is 4.84. The number of hydrogen-bond acceptors (Lipinski definition) is 10. The lowest BCUT2D eigenvalue weighted by molar-refractivity contribution is -0.163. The summed E-state index contributed by atoms with van der Waals surface area (Å²) in [6.45, 7) is 5.55. The Kier molecular flexibility index (Phi) is 7.76. The van der Waals surface area contributed by atoms with Gasteiger partial charge in [0, 0.05) is 31.9 Å². The highest BCUT2D eigenvalue weighted by atomic mass is 32.2. The van der Waals surface area contributed by atoms with Gasteiger partial charge in [0.1, 0.15) is 11.3 Å². The van der Waals surface area contributed by atoms with E-state index in [1.54, 1.807) is 11.1 Å². The van der Waals surface area contributed by atoms with Crippen LogP contribution in [0.15, 0.2) is 10.6 Å². The second kappa shape index (κ2) is 10.7. The largest absolute Gasteiger partial charge is 0.476 e. The Morgan fingerprint density at radius 1 is 1.27 bits per heavy atom. The fourth-order valence-electron chi connectivity index (χ4n) is 3.79. The Balaban J connectivity index is 1.26. The molecule has 11 nitrogen and oxygen atoms in total. The molecule has 0 radical (unpaired) electrons. The van der Waals surface area contributed by atoms with E-state index in [4.69, 9.17) is 18.7 Å². The Hall–Kier alpha value is -2.31. The van der Waals surface area contributed by atoms with E-state index in [1.165, 1.54) is 7.11 Å². The molecule has 0 bridgehead atoms. The molecular formula is C21H31N5O6S. The second-order valence-corrected chi connectivity index (χ2v) is 10.1. The molecule has 1 aliphatic carbocycles. The highest BCUT2D eigenvalue weighted by Crippen LogP contribution is 2.39. The molecule has 1 aromatic rings. The number of ether oxygens (including phenoxy) is 2. The van der Waals surface area contributed by atoms with Crippen molar-refractivity contribution in [3.63, 3.8) is 0 Å². The Morgan fingerprint density at radius 2 is 2.06 bits per heavy atom. The van der Waals surface area contributed by atoms with Crippen LogP contribution in [0, 0.1) is 5.92 Å². The molecule has 0 aromatic carbocycles. The summed E-state index contributed by atoms with van der Waals surface area (Å²) in [6, 6.07) is 0. The van der Waals surface area contributed by atoms with Crippen LogP contribution >= 0.6 is 0 Å². The van der Waals surface area contributed by atoms with Crippen molar-refractivity contribution in [3.05, 3.63) is 11.9 Å². The minimum Gasteiger partial charge on any atom is -0.476 e. The van der Waals surface area contributed by atoms with E-state index in [1.807, 2.05) is 11.8 Å². The van der Waals surface area contributed by atoms with Crippen molar-refractivity contribution in [1.82, 2.24) is 14.9 Å². The molecule has 2 fully saturated rings. The number of rotatable bonds is 8. The first-order valence-corrected chi connectivity index (χ1v) is 12.5. The molecule has 1 amide bonds. The molecule has 182 valence electrons. The van der Waals surface area contributed by atoms with Gasteiger partial charge in [-0.25, -0.2) is 24.0 Å². The molecule has 3 heterocycles. The van der Waals surface area contributed by atoms with E-state index >= 15 is 0 Å². The van der Waals surface area contributed by atoms with Gasteiger partial charge in [0.05, 0.1) is 37.4 Å². The van der Waals surface area contributed by atoms with Gasteiger partial charge in [0.25, 0.3) is 0 Å². The SMILES string of the molecule is COOS1=NCCN(c2ncc(OCC3CCN(C(=O)OC4(C)CC4)CC3)nc2C=O)CC1. The molecule has 2 aliphatic heterocycles. The minimum atomic E-state index is -0.616. The summed E-state index contributed by atoms with van der Waals surface area (Å²) in [5, 5.41) is 0. The Labute approximate surface area is 196 Å². The van der Waals surface area contributed by atoms with E-state index in [2.05, 4.69) is 14.3 Å². The van der Waals surface area contributed by atoms with Gasteiger partial charge in [-0.3, -0.25) is 4.79 Å². The summed E-state index contributed by atoms with van der Waals surface area (Å²) in [5.41, 5.74) is -0.00636. The zero-order valence-electron chi connectivity index (χ0n) is 19.1. The van der Waals surface area contributed by atoms with Crippen molar-refractivity contribution in [3.8, 4) is 5.88 Å². The van der Waals surface area contributed by atoms with Crippen LogP contribution < -0.4 is 9.64 Å². The summed E-state index contributed by atoms with van der Waals surface area (Å²) in [7, 11) is 0.849. The molecule has 0 N–H and O–H groups in total. The quantitative estimate of drug-likeness (QED) is 0.313. The van der Waals surface area contributed by atoms with E-state index in [-0.39, 0.29) is 17.4 Å². The number of carbonyl (C=O) groups is 2. The lowest BCUT2D eigenvalue weighted by Gasteiger charge is -2.32. The average Bonchev–Trinajstić information content (AvgIpc) is 3.60. The van der Waals surface area contributed by atoms with Crippen LogP contribution in [0.4, 0.5) is 10.6 Å². The van der Waals surface area contributed by atoms with Crippen molar-refractivity contribution in [2.24, 2.45) is 10.3 Å². The van der Waals surface area contributed by atoms with Crippen molar-refractivity contribution in [2.45, 2.75) is 38.2 Å². The molecule has 0 spiro atoms. The lowest BCUT2D eigenvalue weighted by atomic mass is 9.98. The third-order valence-electron chi connectivity index (χ3n) is 6.08. The molecule has 1 aromatic heterocycles. The number of anilines is 1. The number of amides is 1. The van der Waals surface area contributed by atoms with Gasteiger partial charge in [-0.1, -0.05) is 0 Å². The number of hydrogen-bond donors (Lipinski definition) is 0. The monoisotopic (exact) mass is 481 g/mol. The van der Waals surface area contributed by atoms with Crippen LogP contribution in [-0.2, 0) is 24.9 Å². The van der Waals surface area contributed by atoms with Crippen LogP contribution in [0.2, 0.25) is 0 Å². The number of aromatic nitrogens is 2. The van der Waals surface area contributed by atoms with Crippen molar-refractivity contribution < 1.29 is 28.3 Å². The summed E-state index contributed by atoms with van der Waals surface area (Å²) >= 11 is 0. The first-order valence-electron chi connectivity index (χ1n) is 11.3. The highest BCUT2D eigenvalue weighted by Gasteiger charge is 2.43. The summed E-state index contributed by atoms with van der Waals surface area (Å²) in [4.78, 5) is 41.2. The Bertz CT molecular complexity index is 888. The van der Waals surface area contributed by atoms with Gasteiger partial charge in [-0.2, -0.15) is 4.33 Å². The molecular weight excluding hydrogens is 450 g/mol. The van der Waals surface area contributed by atoms with Crippen molar-refractivity contribution >= 4 is 29.2 Å². The van der Waals surface area contributed by atoms with Crippen LogP contribution in [0.5, 0.6) is 5.88 Å². The van der Waals surface area contributed by atoms with Crippen LogP contribution in [0.1, 0.15) is 43.1 Å². The lowest BCUT2D eigenvalue weighted by Crippen LogP contribution is -2.41. The third kappa shape index (κ3) is 6.39. The zero-order chi connectivity index (χ0) is 23.3. The molecule has 4 rings (SSSR count). The second-order valence-electron chi connectivity index (χ2n) is 8.69. The number of carbonyl (C=O) groups excluding carboxylic acids is 2. The summed E-state index contributed by atoms with van der Waals surface area (Å²) < 4.78 is 21.0. The number of nitrogens with zero attached hydrogens (tertiary/aromatic N) is 5. The highest BCUT2D eigenvalue weighted by molar-refractivity contribution is 7.82. The number of piperidine rings is 1. The average molecular weight is 482 g/mol. The molecule has 33 heavy (non-hydrogen) atoms. The Morgan fingerprint density at radius 3 is 2.76 bits per heavy atom. The maximum Gasteiger partial charge on any atom is 0.410 e. The minimum absolute atomic E-state index is 0.214. The van der Waals surface area contributed by atoms with E-state index in [0.29, 0.717) is 69.0 Å². The van der Waals surface area contributed by atoms with Gasteiger partial charge in [0.15, 0.2) is 12.1 Å². The van der Waals surface area contributed by atoms with Gasteiger partial charge in [0.2, 0.25) is 5.88 Å². The molecule has 1 atom stereocenters. The third-order valence-corrected chi connectivity index (χ3v) is 7.38. The first kappa shape index (κ1) is 23.8.